The van der Waals surface area contributed by atoms with Crippen LogP contribution in [0.5, 0.6) is 0 Å². The monoisotopic (exact) mass is 675 g/mol. The molecule has 7 heteroatoms. The number of amides is 1. The lowest BCUT2D eigenvalue weighted by Crippen LogP contribution is -2.51. The maximum atomic E-state index is 13.4. The van der Waals surface area contributed by atoms with Crippen molar-refractivity contribution in [1.29, 1.82) is 0 Å². The zero-order valence-electron chi connectivity index (χ0n) is 31.9. The summed E-state index contributed by atoms with van der Waals surface area (Å²) in [5.41, 5.74) is 2.41. The maximum absolute atomic E-state index is 13.4. The highest BCUT2D eigenvalue weighted by Gasteiger charge is 2.59. The van der Waals surface area contributed by atoms with Crippen LogP contribution in [0.15, 0.2) is 11.6 Å². The van der Waals surface area contributed by atoms with E-state index in [-0.39, 0.29) is 23.7 Å². The molecule has 1 amide bonds. The summed E-state index contributed by atoms with van der Waals surface area (Å²) in [4.78, 5) is 15.3. The third-order valence-corrected chi connectivity index (χ3v) is 16.0. The molecule has 0 aromatic carbocycles. The van der Waals surface area contributed by atoms with Gasteiger partial charge in [-0.25, -0.2) is 9.46 Å². The fourth-order valence-electron chi connectivity index (χ4n) is 11.4. The van der Waals surface area contributed by atoms with Crippen molar-refractivity contribution in [1.82, 2.24) is 9.57 Å². The summed E-state index contributed by atoms with van der Waals surface area (Å²) in [6.07, 6.45) is 18.5. The molecule has 9 atom stereocenters. The number of carbonyl (C=O) groups is 1. The molecule has 5 aliphatic rings. The third kappa shape index (κ3) is 7.97. The Bertz CT molecular complexity index is 1060. The number of rotatable bonds is 12. The van der Waals surface area contributed by atoms with Gasteiger partial charge in [0.05, 0.1) is 6.10 Å². The fourth-order valence-corrected chi connectivity index (χ4v) is 13.0. The Morgan fingerprint density at radius 1 is 0.915 bits per heavy atom. The number of allylic oxidation sites excluding steroid dienone is 1. The van der Waals surface area contributed by atoms with Crippen LogP contribution in [0.4, 0.5) is 4.79 Å². The second-order valence-corrected chi connectivity index (χ2v) is 19.3. The van der Waals surface area contributed by atoms with Gasteiger partial charge in [-0.1, -0.05) is 65.5 Å². The Morgan fingerprint density at radius 2 is 1.62 bits per heavy atom. The number of hydrogen-bond acceptors (Lipinski definition) is 5. The molecule has 4 aliphatic carbocycles. The molecule has 1 heterocycles. The first-order chi connectivity index (χ1) is 22.3. The van der Waals surface area contributed by atoms with E-state index in [1.54, 1.807) is 12.7 Å². The number of hydrogen-bond donors (Lipinski definition) is 0. The summed E-state index contributed by atoms with van der Waals surface area (Å²) in [7, 11) is 0.640. The van der Waals surface area contributed by atoms with Gasteiger partial charge in [0.25, 0.3) is 8.53 Å². The molecule has 47 heavy (non-hydrogen) atoms. The second kappa shape index (κ2) is 15.7. The number of piperidine rings is 1. The Balaban J connectivity index is 1.13. The lowest BCUT2D eigenvalue weighted by molar-refractivity contribution is -0.0597. The first-order valence-electron chi connectivity index (χ1n) is 19.7. The van der Waals surface area contributed by atoms with Gasteiger partial charge in [0.1, 0.15) is 6.10 Å². The highest BCUT2D eigenvalue weighted by Crippen LogP contribution is 2.67. The Kier molecular flexibility index (Phi) is 12.5. The molecule has 3 saturated carbocycles. The minimum absolute atomic E-state index is 0.00993. The number of nitrogens with zero attached hydrogens (tertiary/aromatic N) is 2. The average Bonchev–Trinajstić information content (AvgIpc) is 3.38. The van der Waals surface area contributed by atoms with Gasteiger partial charge in [-0.15, -0.1) is 0 Å². The molecule has 0 radical (unpaired) electrons. The quantitative estimate of drug-likeness (QED) is 0.152. The maximum Gasteiger partial charge on any atom is 0.410 e. The molecule has 6 nitrogen and oxygen atoms in total. The van der Waals surface area contributed by atoms with Gasteiger partial charge in [0.15, 0.2) is 0 Å². The molecular weight excluding hydrogens is 603 g/mol. The lowest BCUT2D eigenvalue weighted by atomic mass is 9.47. The molecule has 4 fully saturated rings. The summed E-state index contributed by atoms with van der Waals surface area (Å²) >= 11 is 0. The van der Waals surface area contributed by atoms with Crippen LogP contribution in [0.3, 0.4) is 0 Å². The van der Waals surface area contributed by atoms with Crippen molar-refractivity contribution in [2.75, 3.05) is 20.2 Å². The number of fused-ring (bicyclic) bond motifs is 5. The topological polar surface area (TPSA) is 51.2 Å². The van der Waals surface area contributed by atoms with Crippen LogP contribution in [0.2, 0.25) is 0 Å². The zero-order chi connectivity index (χ0) is 34.1. The lowest BCUT2D eigenvalue weighted by Gasteiger charge is -2.58. The van der Waals surface area contributed by atoms with Crippen LogP contribution in [0.25, 0.3) is 0 Å². The first-order valence-corrected chi connectivity index (χ1v) is 20.9. The summed E-state index contributed by atoms with van der Waals surface area (Å²) in [6, 6.07) is 0.704. The number of likely N-dealkylation sites (tertiary alicyclic amines) is 1. The van der Waals surface area contributed by atoms with Crippen LogP contribution in [-0.2, 0) is 13.8 Å². The van der Waals surface area contributed by atoms with Crippen LogP contribution < -0.4 is 0 Å². The van der Waals surface area contributed by atoms with E-state index in [1.165, 1.54) is 51.4 Å². The van der Waals surface area contributed by atoms with Gasteiger partial charge in [0, 0.05) is 38.7 Å². The largest absolute Gasteiger partial charge is 0.446 e. The fraction of sp³-hybridized carbons (Fsp3) is 0.925. The second-order valence-electron chi connectivity index (χ2n) is 17.8. The van der Waals surface area contributed by atoms with Crippen LogP contribution >= 0.6 is 8.53 Å². The molecule has 1 saturated heterocycles. The Morgan fingerprint density at radius 3 is 2.26 bits per heavy atom. The zero-order valence-corrected chi connectivity index (χ0v) is 32.8. The molecule has 0 bridgehead atoms. The minimum Gasteiger partial charge on any atom is -0.446 e. The summed E-state index contributed by atoms with van der Waals surface area (Å²) < 4.78 is 20.9. The molecule has 0 spiro atoms. The number of ether oxygens (including phenoxy) is 1. The van der Waals surface area contributed by atoms with Gasteiger partial charge in [-0.3, -0.25) is 0 Å². The smallest absolute Gasteiger partial charge is 0.410 e. The molecule has 1 unspecified atom stereocenters. The Labute approximate surface area is 290 Å². The molecule has 270 valence electrons. The van der Waals surface area contributed by atoms with Gasteiger partial charge in [-0.2, -0.15) is 0 Å². The van der Waals surface area contributed by atoms with Crippen molar-refractivity contribution in [2.24, 2.45) is 46.3 Å². The highest BCUT2D eigenvalue weighted by atomic mass is 31.2. The molecule has 5 rings (SSSR count). The summed E-state index contributed by atoms with van der Waals surface area (Å²) in [5, 5.41) is 0. The molecule has 0 aromatic heterocycles. The minimum atomic E-state index is -1.11. The van der Waals surface area contributed by atoms with E-state index in [9.17, 15) is 4.79 Å². The van der Waals surface area contributed by atoms with Crippen molar-refractivity contribution < 1.29 is 18.6 Å². The standard InChI is InChI=1S/C40H71N2O4P/c1-27(2)12-11-13-30(7)35-16-17-36-34-15-14-31-26-33(18-22-39(31,8)37(34)19-23-40(35,36)9)45-38(43)41-24-20-32(21-25-41)46-47(44-10)42(28(3)4)29(5)6/h14,27-30,32-37H,11-13,15-26H2,1-10H3/t30-,33+,34+,35-,36+,37+,39+,40-,47?/m1/s1. The predicted octanol–water partition coefficient (Wildman–Crippen LogP) is 11.0. The molecule has 1 aliphatic heterocycles. The summed E-state index contributed by atoms with van der Waals surface area (Å²) in [6.45, 7) is 22.7. The van der Waals surface area contributed by atoms with E-state index < -0.39 is 8.53 Å². The van der Waals surface area contributed by atoms with E-state index in [0.29, 0.717) is 30.6 Å². The van der Waals surface area contributed by atoms with Gasteiger partial charge in [-0.05, 0) is 132 Å². The summed E-state index contributed by atoms with van der Waals surface area (Å²) in [5.74, 6) is 5.11. The van der Waals surface area contributed by atoms with Crippen LogP contribution in [-0.4, -0.2) is 60.2 Å². The van der Waals surface area contributed by atoms with Gasteiger partial charge < -0.3 is 18.7 Å². The van der Waals surface area contributed by atoms with Crippen molar-refractivity contribution in [3.63, 3.8) is 0 Å². The first kappa shape index (κ1) is 37.6. The third-order valence-electron chi connectivity index (χ3n) is 13.9. The predicted molar refractivity (Wildman–Crippen MR) is 195 cm³/mol. The van der Waals surface area contributed by atoms with Gasteiger partial charge in [0.2, 0.25) is 0 Å². The molecule has 0 aromatic rings. The van der Waals surface area contributed by atoms with E-state index in [4.69, 9.17) is 13.8 Å². The normalized spacial score (nSPS) is 35.9. The molecule has 0 N–H and O–H groups in total. The average molecular weight is 675 g/mol. The van der Waals surface area contributed by atoms with Gasteiger partial charge >= 0.3 is 6.09 Å². The highest BCUT2D eigenvalue weighted by molar-refractivity contribution is 7.44. The van der Waals surface area contributed by atoms with E-state index >= 15 is 0 Å². The van der Waals surface area contributed by atoms with E-state index in [0.717, 1.165) is 67.6 Å². The van der Waals surface area contributed by atoms with Crippen molar-refractivity contribution in [2.45, 2.75) is 170 Å². The van der Waals surface area contributed by atoms with E-state index in [1.807, 2.05) is 4.90 Å². The Hall–Kier alpha value is -0.680. The molecular formula is C40H71N2O4P. The van der Waals surface area contributed by atoms with Crippen LogP contribution in [0.1, 0.15) is 146 Å². The van der Waals surface area contributed by atoms with Crippen molar-refractivity contribution in [3.05, 3.63) is 11.6 Å². The van der Waals surface area contributed by atoms with Crippen LogP contribution in [0, 0.1) is 46.3 Å². The number of carbonyl (C=O) groups excluding carboxylic acids is 1. The van der Waals surface area contributed by atoms with Crippen molar-refractivity contribution in [3.8, 4) is 0 Å². The van der Waals surface area contributed by atoms with E-state index in [2.05, 4.69) is 73.1 Å². The SMILES string of the molecule is COP(OC1CCN(C(=O)O[C@H]2CC[C@@]3(C)C(=CC[C@H]4[C@@H]5CC[C@H]([C@H](C)CCCC(C)C)[C@@]5(C)CC[C@@H]43)C2)CC1)N(C(C)C)C(C)C. The van der Waals surface area contributed by atoms with Crippen molar-refractivity contribution >= 4 is 14.6 Å².